The molecule has 1 N–H and O–H groups in total. The molecule has 0 bridgehead atoms. The Balaban J connectivity index is 1.95. The third kappa shape index (κ3) is 3.53. The second-order valence-corrected chi connectivity index (χ2v) is 6.48. The van der Waals surface area contributed by atoms with E-state index >= 15 is 0 Å². The molecule has 116 valence electrons. The molecule has 0 spiro atoms. The minimum absolute atomic E-state index is 0.164. The number of hydrogen-bond donors (Lipinski definition) is 1. The van der Waals surface area contributed by atoms with Gasteiger partial charge in [0, 0.05) is 18.6 Å². The Bertz CT molecular complexity index is 322. The fraction of sp³-hybridized carbons (Fsp3) is 0.938. The number of piperidine rings is 2. The Morgan fingerprint density at radius 3 is 2.70 bits per heavy atom. The van der Waals surface area contributed by atoms with E-state index in [2.05, 4.69) is 23.6 Å². The van der Waals surface area contributed by atoms with Crippen LogP contribution in [-0.2, 0) is 4.79 Å². The Hall–Kier alpha value is -0.610. The van der Waals surface area contributed by atoms with Crippen LogP contribution < -0.4 is 0 Å². The lowest BCUT2D eigenvalue weighted by Crippen LogP contribution is -2.53. The molecule has 3 atom stereocenters. The van der Waals surface area contributed by atoms with Gasteiger partial charge in [-0.3, -0.25) is 9.69 Å². The lowest BCUT2D eigenvalue weighted by atomic mass is 9.91. The standard InChI is InChI=1S/C16H30N2O2/c1-3-14-8-4-5-10-18(14)16(20)11-17-9-6-7-13(2)15(17)12-19/h13-15,19H,3-12H2,1-2H3. The van der Waals surface area contributed by atoms with Gasteiger partial charge in [-0.1, -0.05) is 13.8 Å². The summed E-state index contributed by atoms with van der Waals surface area (Å²) >= 11 is 0. The second kappa shape index (κ2) is 7.41. The van der Waals surface area contributed by atoms with Crippen LogP contribution in [0.25, 0.3) is 0 Å². The number of carbonyl (C=O) groups is 1. The molecule has 3 unspecified atom stereocenters. The fourth-order valence-electron chi connectivity index (χ4n) is 3.84. The second-order valence-electron chi connectivity index (χ2n) is 6.48. The van der Waals surface area contributed by atoms with E-state index in [1.807, 2.05) is 0 Å². The molecule has 2 fully saturated rings. The average molecular weight is 282 g/mol. The monoisotopic (exact) mass is 282 g/mol. The lowest BCUT2D eigenvalue weighted by molar-refractivity contribution is -0.137. The van der Waals surface area contributed by atoms with E-state index < -0.39 is 0 Å². The maximum absolute atomic E-state index is 12.6. The molecule has 1 amide bonds. The summed E-state index contributed by atoms with van der Waals surface area (Å²) in [5.41, 5.74) is 0. The molecule has 4 nitrogen and oxygen atoms in total. The van der Waals surface area contributed by atoms with Crippen molar-refractivity contribution in [2.45, 2.75) is 64.5 Å². The maximum Gasteiger partial charge on any atom is 0.237 e. The maximum atomic E-state index is 12.6. The highest BCUT2D eigenvalue weighted by atomic mass is 16.3. The van der Waals surface area contributed by atoms with Gasteiger partial charge in [0.1, 0.15) is 0 Å². The first-order valence-electron chi connectivity index (χ1n) is 8.31. The Labute approximate surface area is 123 Å². The van der Waals surface area contributed by atoms with E-state index in [1.54, 1.807) is 0 Å². The predicted molar refractivity (Wildman–Crippen MR) is 80.5 cm³/mol. The number of hydrogen-bond acceptors (Lipinski definition) is 3. The SMILES string of the molecule is CCC1CCCCN1C(=O)CN1CCCC(C)C1CO. The molecular weight excluding hydrogens is 252 g/mol. The van der Waals surface area contributed by atoms with Crippen LogP contribution in [-0.4, -0.2) is 59.1 Å². The zero-order valence-electron chi connectivity index (χ0n) is 13.1. The normalized spacial score (nSPS) is 32.4. The number of carbonyl (C=O) groups excluding carboxylic acids is 1. The van der Waals surface area contributed by atoms with Crippen molar-refractivity contribution in [2.75, 3.05) is 26.2 Å². The highest BCUT2D eigenvalue weighted by molar-refractivity contribution is 5.78. The number of amides is 1. The molecule has 2 aliphatic rings. The smallest absolute Gasteiger partial charge is 0.237 e. The zero-order chi connectivity index (χ0) is 14.5. The van der Waals surface area contributed by atoms with E-state index in [9.17, 15) is 9.90 Å². The first kappa shape index (κ1) is 15.8. The van der Waals surface area contributed by atoms with Crippen molar-refractivity contribution in [1.82, 2.24) is 9.80 Å². The lowest BCUT2D eigenvalue weighted by Gasteiger charge is -2.41. The van der Waals surface area contributed by atoms with Crippen LogP contribution in [0.2, 0.25) is 0 Å². The van der Waals surface area contributed by atoms with Crippen LogP contribution in [0.4, 0.5) is 0 Å². The van der Waals surface area contributed by atoms with Gasteiger partial charge in [-0.15, -0.1) is 0 Å². The van der Waals surface area contributed by atoms with Crippen LogP contribution >= 0.6 is 0 Å². The number of aliphatic hydroxyl groups is 1. The summed E-state index contributed by atoms with van der Waals surface area (Å²) in [5.74, 6) is 0.758. The van der Waals surface area contributed by atoms with Crippen molar-refractivity contribution < 1.29 is 9.90 Å². The van der Waals surface area contributed by atoms with Crippen LogP contribution in [0.15, 0.2) is 0 Å². The molecule has 20 heavy (non-hydrogen) atoms. The number of aliphatic hydroxyl groups excluding tert-OH is 1. The van der Waals surface area contributed by atoms with Crippen LogP contribution in [0.5, 0.6) is 0 Å². The third-order valence-corrected chi connectivity index (χ3v) is 5.17. The van der Waals surface area contributed by atoms with E-state index in [4.69, 9.17) is 0 Å². The molecule has 2 heterocycles. The molecule has 0 aromatic heterocycles. The van der Waals surface area contributed by atoms with Gasteiger partial charge >= 0.3 is 0 Å². The quantitative estimate of drug-likeness (QED) is 0.856. The summed E-state index contributed by atoms with van der Waals surface area (Å²) in [6.45, 7) is 6.90. The molecule has 0 saturated carbocycles. The molecular formula is C16H30N2O2. The van der Waals surface area contributed by atoms with Crippen molar-refractivity contribution in [2.24, 2.45) is 5.92 Å². The van der Waals surface area contributed by atoms with Crippen molar-refractivity contribution in [1.29, 1.82) is 0 Å². The summed E-state index contributed by atoms with van der Waals surface area (Å²) in [7, 11) is 0. The first-order chi connectivity index (χ1) is 9.67. The summed E-state index contributed by atoms with van der Waals surface area (Å²) in [4.78, 5) is 16.9. The molecule has 0 radical (unpaired) electrons. The average Bonchev–Trinajstić information content (AvgIpc) is 2.47. The van der Waals surface area contributed by atoms with Gasteiger partial charge in [-0.25, -0.2) is 0 Å². The topological polar surface area (TPSA) is 43.8 Å². The number of rotatable bonds is 4. The Morgan fingerprint density at radius 2 is 2.00 bits per heavy atom. The molecule has 2 aliphatic heterocycles. The van der Waals surface area contributed by atoms with E-state index in [1.165, 1.54) is 6.42 Å². The summed E-state index contributed by atoms with van der Waals surface area (Å²) in [6.07, 6.45) is 6.91. The summed E-state index contributed by atoms with van der Waals surface area (Å²) < 4.78 is 0. The van der Waals surface area contributed by atoms with Crippen molar-refractivity contribution >= 4 is 5.91 Å². The van der Waals surface area contributed by atoms with Crippen LogP contribution in [0.3, 0.4) is 0 Å². The van der Waals surface area contributed by atoms with Gasteiger partial charge in [0.15, 0.2) is 0 Å². The van der Waals surface area contributed by atoms with Crippen LogP contribution in [0, 0.1) is 5.92 Å². The highest BCUT2D eigenvalue weighted by Gasteiger charge is 2.32. The third-order valence-electron chi connectivity index (χ3n) is 5.17. The molecule has 2 saturated heterocycles. The molecule has 0 aromatic rings. The highest BCUT2D eigenvalue weighted by Crippen LogP contribution is 2.24. The summed E-state index contributed by atoms with van der Waals surface area (Å²) in [6, 6.07) is 0.601. The van der Waals surface area contributed by atoms with Gasteiger partial charge in [0.05, 0.1) is 13.2 Å². The Morgan fingerprint density at radius 1 is 1.20 bits per heavy atom. The van der Waals surface area contributed by atoms with Gasteiger partial charge in [0.25, 0.3) is 0 Å². The number of likely N-dealkylation sites (tertiary alicyclic amines) is 2. The van der Waals surface area contributed by atoms with Gasteiger partial charge in [-0.05, 0) is 51.0 Å². The van der Waals surface area contributed by atoms with Crippen molar-refractivity contribution in [3.8, 4) is 0 Å². The van der Waals surface area contributed by atoms with Crippen molar-refractivity contribution in [3.63, 3.8) is 0 Å². The van der Waals surface area contributed by atoms with Gasteiger partial charge in [0.2, 0.25) is 5.91 Å². The molecule has 2 rings (SSSR count). The predicted octanol–water partition coefficient (Wildman–Crippen LogP) is 1.87. The van der Waals surface area contributed by atoms with Crippen molar-refractivity contribution in [3.05, 3.63) is 0 Å². The Kier molecular flexibility index (Phi) is 5.85. The molecule has 0 aromatic carbocycles. The molecule has 4 heteroatoms. The van der Waals surface area contributed by atoms with Gasteiger partial charge < -0.3 is 10.0 Å². The largest absolute Gasteiger partial charge is 0.395 e. The fourth-order valence-corrected chi connectivity index (χ4v) is 3.84. The van der Waals surface area contributed by atoms with E-state index in [0.29, 0.717) is 18.5 Å². The van der Waals surface area contributed by atoms with E-state index in [0.717, 1.165) is 45.2 Å². The summed E-state index contributed by atoms with van der Waals surface area (Å²) in [5, 5.41) is 9.59. The van der Waals surface area contributed by atoms with Crippen LogP contribution in [0.1, 0.15) is 52.4 Å². The molecule has 0 aliphatic carbocycles. The van der Waals surface area contributed by atoms with Gasteiger partial charge in [-0.2, -0.15) is 0 Å². The minimum Gasteiger partial charge on any atom is -0.395 e. The number of nitrogens with zero attached hydrogens (tertiary/aromatic N) is 2. The minimum atomic E-state index is 0.164. The zero-order valence-corrected chi connectivity index (χ0v) is 13.1. The van der Waals surface area contributed by atoms with E-state index in [-0.39, 0.29) is 18.6 Å². The first-order valence-corrected chi connectivity index (χ1v) is 8.31.